The van der Waals surface area contributed by atoms with E-state index in [-0.39, 0.29) is 5.92 Å². The van der Waals surface area contributed by atoms with Crippen LogP contribution in [-0.2, 0) is 14.4 Å². The van der Waals surface area contributed by atoms with Crippen molar-refractivity contribution in [1.82, 2.24) is 5.32 Å². The number of nitrogens with zero attached hydrogens (tertiary/aromatic N) is 1. The number of carbonyl (C=O) groups excluding carboxylic acids is 3. The van der Waals surface area contributed by atoms with E-state index in [2.05, 4.69) is 5.32 Å². The number of nitrogens with two attached hydrogens (primary N) is 1. The van der Waals surface area contributed by atoms with E-state index in [1.165, 1.54) is 0 Å². The van der Waals surface area contributed by atoms with Gasteiger partial charge in [-0.1, -0.05) is 32.0 Å². The van der Waals surface area contributed by atoms with Crippen molar-refractivity contribution in [2.75, 3.05) is 16.9 Å². The number of anilines is 1. The Morgan fingerprint density at radius 2 is 1.88 bits per heavy atom. The summed E-state index contributed by atoms with van der Waals surface area (Å²) >= 11 is 1.57. The average Bonchev–Trinajstić information content (AvgIpc) is 2.59. The van der Waals surface area contributed by atoms with Gasteiger partial charge in [0, 0.05) is 0 Å². The summed E-state index contributed by atoms with van der Waals surface area (Å²) < 4.78 is 0. The Bertz CT molecular complexity index is 566. The third-order valence-corrected chi connectivity index (χ3v) is 4.32. The van der Waals surface area contributed by atoms with Gasteiger partial charge >= 0.3 is 0 Å². The van der Waals surface area contributed by atoms with Crippen molar-refractivity contribution in [2.45, 2.75) is 38.8 Å². The van der Waals surface area contributed by atoms with Crippen LogP contribution in [0.4, 0.5) is 5.69 Å². The molecule has 7 heteroatoms. The highest BCUT2D eigenvalue weighted by Gasteiger charge is 2.32. The lowest BCUT2D eigenvalue weighted by atomic mass is 10.0. The molecule has 3 N–H and O–H groups in total. The molecule has 3 amide bonds. The van der Waals surface area contributed by atoms with Crippen LogP contribution in [0.5, 0.6) is 0 Å². The van der Waals surface area contributed by atoms with Gasteiger partial charge in [-0.3, -0.25) is 14.4 Å². The zero-order valence-electron chi connectivity index (χ0n) is 15.0. The number of thioether (sulfide) groups is 1. The van der Waals surface area contributed by atoms with Gasteiger partial charge in [0.1, 0.15) is 6.04 Å². The Morgan fingerprint density at radius 1 is 1.24 bits per heavy atom. The lowest BCUT2D eigenvalue weighted by Gasteiger charge is -2.28. The van der Waals surface area contributed by atoms with Gasteiger partial charge in [-0.25, -0.2) is 4.90 Å². The lowest BCUT2D eigenvalue weighted by molar-refractivity contribution is -0.129. The minimum atomic E-state index is -0.776. The van der Waals surface area contributed by atoms with Crippen molar-refractivity contribution in [1.29, 1.82) is 0 Å². The normalized spacial score (nSPS) is 13.2. The highest BCUT2D eigenvalue weighted by Crippen LogP contribution is 2.19. The summed E-state index contributed by atoms with van der Waals surface area (Å²) in [6.45, 7) is 3.94. The van der Waals surface area contributed by atoms with E-state index in [0.717, 1.165) is 4.90 Å². The Labute approximate surface area is 153 Å². The second kappa shape index (κ2) is 10.9. The molecule has 0 aliphatic heterocycles. The van der Waals surface area contributed by atoms with Gasteiger partial charge in [0.05, 0.1) is 11.7 Å². The number of rotatable bonds is 10. The van der Waals surface area contributed by atoms with Crippen molar-refractivity contribution >= 4 is 35.7 Å². The molecule has 0 saturated carbocycles. The van der Waals surface area contributed by atoms with Gasteiger partial charge in [0.15, 0.2) is 0 Å². The molecule has 6 nitrogen and oxygen atoms in total. The topological polar surface area (TPSA) is 92.5 Å². The Morgan fingerprint density at radius 3 is 2.40 bits per heavy atom. The predicted octanol–water partition coefficient (Wildman–Crippen LogP) is 1.79. The maximum Gasteiger partial charge on any atom is 0.256 e. The van der Waals surface area contributed by atoms with Gasteiger partial charge in [-0.15, -0.1) is 0 Å². The van der Waals surface area contributed by atoms with Crippen LogP contribution < -0.4 is 16.0 Å². The number of amides is 3. The SMILES string of the molecule is CSCC[C@H](NC=O)C(=O)N(C(=O)[C@@H](N)CC(C)C)c1ccccc1. The van der Waals surface area contributed by atoms with Gasteiger partial charge in [0.2, 0.25) is 6.41 Å². The summed E-state index contributed by atoms with van der Waals surface area (Å²) in [5.74, 6) is 0.00178. The maximum absolute atomic E-state index is 13.0. The van der Waals surface area contributed by atoms with Gasteiger partial charge < -0.3 is 11.1 Å². The molecule has 0 aliphatic carbocycles. The molecule has 2 atom stereocenters. The molecule has 0 heterocycles. The van der Waals surface area contributed by atoms with E-state index < -0.39 is 23.9 Å². The second-order valence-electron chi connectivity index (χ2n) is 6.20. The molecule has 1 rings (SSSR count). The minimum Gasteiger partial charge on any atom is -0.347 e. The monoisotopic (exact) mass is 365 g/mol. The summed E-state index contributed by atoms with van der Waals surface area (Å²) in [6.07, 6.45) is 3.33. The molecule has 0 aliphatic rings. The van der Waals surface area contributed by atoms with Gasteiger partial charge in [-0.2, -0.15) is 11.8 Å². The van der Waals surface area contributed by atoms with E-state index in [9.17, 15) is 14.4 Å². The summed E-state index contributed by atoms with van der Waals surface area (Å²) in [4.78, 5) is 37.9. The van der Waals surface area contributed by atoms with Gasteiger partial charge in [0.25, 0.3) is 11.8 Å². The molecule has 0 aromatic heterocycles. The van der Waals surface area contributed by atoms with Gasteiger partial charge in [-0.05, 0) is 42.9 Å². The molecule has 0 radical (unpaired) electrons. The molecule has 0 spiro atoms. The zero-order valence-corrected chi connectivity index (χ0v) is 15.8. The van der Waals surface area contributed by atoms with E-state index in [1.807, 2.05) is 20.1 Å². The number of hydrogen-bond donors (Lipinski definition) is 2. The molecular formula is C18H27N3O3S. The quantitative estimate of drug-likeness (QED) is 0.617. The van der Waals surface area contributed by atoms with Crippen molar-refractivity contribution in [3.8, 4) is 0 Å². The van der Waals surface area contributed by atoms with Crippen LogP contribution in [0.3, 0.4) is 0 Å². The zero-order chi connectivity index (χ0) is 18.8. The van der Waals surface area contributed by atoms with Crippen molar-refractivity contribution < 1.29 is 14.4 Å². The highest BCUT2D eigenvalue weighted by atomic mass is 32.2. The smallest absolute Gasteiger partial charge is 0.256 e. The molecule has 138 valence electrons. The molecule has 25 heavy (non-hydrogen) atoms. The van der Waals surface area contributed by atoms with Crippen molar-refractivity contribution in [3.05, 3.63) is 30.3 Å². The molecule has 1 aromatic rings. The Kier molecular flexibility index (Phi) is 9.23. The average molecular weight is 365 g/mol. The van der Waals surface area contributed by atoms with E-state index >= 15 is 0 Å². The first-order chi connectivity index (χ1) is 11.9. The summed E-state index contributed by atoms with van der Waals surface area (Å²) in [7, 11) is 0. The van der Waals surface area contributed by atoms with Crippen LogP contribution in [-0.4, -0.2) is 42.3 Å². The van der Waals surface area contributed by atoms with Crippen LogP contribution in [0.1, 0.15) is 26.7 Å². The van der Waals surface area contributed by atoms with Crippen LogP contribution in [0.2, 0.25) is 0 Å². The van der Waals surface area contributed by atoms with Crippen molar-refractivity contribution in [2.24, 2.45) is 11.7 Å². The molecule has 1 aromatic carbocycles. The summed E-state index contributed by atoms with van der Waals surface area (Å²) in [5.41, 5.74) is 6.49. The first-order valence-electron chi connectivity index (χ1n) is 8.29. The fraction of sp³-hybridized carbons (Fsp3) is 0.500. The van der Waals surface area contributed by atoms with Crippen LogP contribution >= 0.6 is 11.8 Å². The fourth-order valence-corrected chi connectivity index (χ4v) is 2.94. The van der Waals surface area contributed by atoms with Crippen molar-refractivity contribution in [3.63, 3.8) is 0 Å². The van der Waals surface area contributed by atoms with E-state index in [1.54, 1.807) is 42.1 Å². The van der Waals surface area contributed by atoms with Crippen LogP contribution in [0.15, 0.2) is 30.3 Å². The third-order valence-electron chi connectivity index (χ3n) is 3.68. The Balaban J connectivity index is 3.14. The summed E-state index contributed by atoms with van der Waals surface area (Å²) in [6, 6.07) is 7.14. The molecule has 0 bridgehead atoms. The molecule has 0 unspecified atom stereocenters. The molecule has 0 saturated heterocycles. The Hall–Kier alpha value is -1.86. The van der Waals surface area contributed by atoms with Crippen LogP contribution in [0, 0.1) is 5.92 Å². The standard InChI is InChI=1S/C18H27N3O3S/c1-13(2)11-15(19)17(23)21(14-7-5-4-6-8-14)18(24)16(20-12-22)9-10-25-3/h4-8,12-13,15-16H,9-11,19H2,1-3H3,(H,20,22)/t15-,16-/m0/s1. The predicted molar refractivity (Wildman–Crippen MR) is 102 cm³/mol. The number of imide groups is 1. The first kappa shape index (κ1) is 21.2. The highest BCUT2D eigenvalue weighted by molar-refractivity contribution is 7.98. The number of hydrogen-bond acceptors (Lipinski definition) is 5. The van der Waals surface area contributed by atoms with Crippen LogP contribution in [0.25, 0.3) is 0 Å². The lowest BCUT2D eigenvalue weighted by Crippen LogP contribution is -2.54. The van der Waals surface area contributed by atoms with E-state index in [0.29, 0.717) is 30.7 Å². The number of para-hydroxylation sites is 1. The number of nitrogens with one attached hydrogen (secondary N) is 1. The maximum atomic E-state index is 13.0. The number of benzene rings is 1. The largest absolute Gasteiger partial charge is 0.347 e. The number of carbonyl (C=O) groups is 3. The fourth-order valence-electron chi connectivity index (χ4n) is 2.47. The second-order valence-corrected chi connectivity index (χ2v) is 7.19. The molecule has 0 fully saturated rings. The first-order valence-corrected chi connectivity index (χ1v) is 9.68. The molecular weight excluding hydrogens is 338 g/mol. The minimum absolute atomic E-state index is 0.229. The third kappa shape index (κ3) is 6.51. The van der Waals surface area contributed by atoms with E-state index in [4.69, 9.17) is 5.73 Å². The summed E-state index contributed by atoms with van der Waals surface area (Å²) in [5, 5.41) is 2.52.